The number of carboxylic acids is 1. The summed E-state index contributed by atoms with van der Waals surface area (Å²) in [5.74, 6) is 0.136. The van der Waals surface area contributed by atoms with Crippen LogP contribution in [0.15, 0.2) is 18.2 Å². The molecule has 1 aliphatic heterocycles. The second-order valence-corrected chi connectivity index (χ2v) is 5.86. The van der Waals surface area contributed by atoms with Gasteiger partial charge >= 0.3 is 5.97 Å². The lowest BCUT2D eigenvalue weighted by molar-refractivity contribution is -0.150. The Labute approximate surface area is 114 Å². The SMILES string of the molecule is CN(C)C(c1ccc2c(c1)CCO2)C(C)(C)C(=O)O. The summed E-state index contributed by atoms with van der Waals surface area (Å²) in [4.78, 5) is 13.5. The lowest BCUT2D eigenvalue weighted by Gasteiger charge is -2.36. The third-order valence-corrected chi connectivity index (χ3v) is 3.78. The highest BCUT2D eigenvalue weighted by atomic mass is 16.5. The van der Waals surface area contributed by atoms with Crippen molar-refractivity contribution in [3.8, 4) is 5.75 Å². The van der Waals surface area contributed by atoms with Crippen LogP contribution in [0, 0.1) is 5.41 Å². The summed E-state index contributed by atoms with van der Waals surface area (Å²) in [7, 11) is 3.83. The zero-order valence-electron chi connectivity index (χ0n) is 11.9. The lowest BCUT2D eigenvalue weighted by atomic mass is 9.79. The maximum absolute atomic E-state index is 11.5. The minimum Gasteiger partial charge on any atom is -0.493 e. The Morgan fingerprint density at radius 3 is 2.68 bits per heavy atom. The molecule has 0 bridgehead atoms. The number of rotatable bonds is 4. The molecular formula is C15H21NO3. The molecule has 0 saturated carbocycles. The first kappa shape index (κ1) is 13.9. The number of fused-ring (bicyclic) bond motifs is 1. The van der Waals surface area contributed by atoms with Gasteiger partial charge in [0.15, 0.2) is 0 Å². The van der Waals surface area contributed by atoms with Crippen LogP contribution in [-0.4, -0.2) is 36.7 Å². The first-order valence-corrected chi connectivity index (χ1v) is 6.49. The molecule has 19 heavy (non-hydrogen) atoms. The predicted molar refractivity (Wildman–Crippen MR) is 73.5 cm³/mol. The molecule has 0 amide bonds. The molecule has 104 valence electrons. The van der Waals surface area contributed by atoms with Crippen LogP contribution in [0.25, 0.3) is 0 Å². The third-order valence-electron chi connectivity index (χ3n) is 3.78. The Morgan fingerprint density at radius 2 is 2.11 bits per heavy atom. The van der Waals surface area contributed by atoms with Gasteiger partial charge in [-0.1, -0.05) is 12.1 Å². The second-order valence-electron chi connectivity index (χ2n) is 5.86. The molecule has 0 saturated heterocycles. The quantitative estimate of drug-likeness (QED) is 0.906. The van der Waals surface area contributed by atoms with Gasteiger partial charge in [-0.2, -0.15) is 0 Å². The van der Waals surface area contributed by atoms with Gasteiger partial charge in [-0.15, -0.1) is 0 Å². The molecule has 1 N–H and O–H groups in total. The van der Waals surface area contributed by atoms with Crippen LogP contribution in [0.3, 0.4) is 0 Å². The van der Waals surface area contributed by atoms with Crippen molar-refractivity contribution in [2.24, 2.45) is 5.41 Å². The zero-order valence-corrected chi connectivity index (χ0v) is 11.9. The Balaban J connectivity index is 2.43. The molecule has 1 atom stereocenters. The average Bonchev–Trinajstić information content (AvgIpc) is 2.75. The number of nitrogens with zero attached hydrogens (tertiary/aromatic N) is 1. The van der Waals surface area contributed by atoms with Crippen molar-refractivity contribution in [1.29, 1.82) is 0 Å². The molecular weight excluding hydrogens is 242 g/mol. The molecule has 0 aliphatic carbocycles. The van der Waals surface area contributed by atoms with Crippen LogP contribution in [0.5, 0.6) is 5.75 Å². The van der Waals surface area contributed by atoms with E-state index >= 15 is 0 Å². The van der Waals surface area contributed by atoms with Crippen LogP contribution in [-0.2, 0) is 11.2 Å². The second kappa shape index (κ2) is 4.85. The maximum atomic E-state index is 11.5. The minimum atomic E-state index is -0.850. The fourth-order valence-electron chi connectivity index (χ4n) is 2.85. The summed E-state index contributed by atoms with van der Waals surface area (Å²) in [5.41, 5.74) is 1.35. The van der Waals surface area contributed by atoms with Crippen LogP contribution in [0.2, 0.25) is 0 Å². The van der Waals surface area contributed by atoms with Crippen molar-refractivity contribution in [1.82, 2.24) is 4.90 Å². The number of carbonyl (C=O) groups is 1. The highest BCUT2D eigenvalue weighted by Crippen LogP contribution is 2.39. The zero-order chi connectivity index (χ0) is 14.2. The average molecular weight is 263 g/mol. The van der Waals surface area contributed by atoms with Gasteiger partial charge in [-0.3, -0.25) is 4.79 Å². The van der Waals surface area contributed by atoms with E-state index in [0.717, 1.165) is 17.7 Å². The third kappa shape index (κ3) is 2.45. The topological polar surface area (TPSA) is 49.8 Å². The number of carboxylic acid groups (broad SMARTS) is 1. The Hall–Kier alpha value is -1.55. The number of hydrogen-bond donors (Lipinski definition) is 1. The van der Waals surface area contributed by atoms with Gasteiger partial charge in [-0.25, -0.2) is 0 Å². The molecule has 0 spiro atoms. The summed E-state index contributed by atoms with van der Waals surface area (Å²) in [6, 6.07) is 5.83. The Kier molecular flexibility index (Phi) is 3.54. The van der Waals surface area contributed by atoms with Gasteiger partial charge in [0.05, 0.1) is 12.0 Å². The van der Waals surface area contributed by atoms with E-state index in [1.54, 1.807) is 13.8 Å². The normalized spacial score (nSPS) is 16.1. The summed E-state index contributed by atoms with van der Waals surface area (Å²) < 4.78 is 5.50. The van der Waals surface area contributed by atoms with E-state index in [4.69, 9.17) is 4.74 Å². The monoisotopic (exact) mass is 263 g/mol. The molecule has 4 nitrogen and oxygen atoms in total. The summed E-state index contributed by atoms with van der Waals surface area (Å²) in [6.45, 7) is 4.25. The molecule has 0 aromatic heterocycles. The molecule has 4 heteroatoms. The van der Waals surface area contributed by atoms with E-state index in [1.807, 2.05) is 31.1 Å². The van der Waals surface area contributed by atoms with Crippen molar-refractivity contribution < 1.29 is 14.6 Å². The molecule has 1 aromatic carbocycles. The number of hydrogen-bond acceptors (Lipinski definition) is 3. The molecule has 1 heterocycles. The predicted octanol–water partition coefficient (Wildman–Crippen LogP) is 2.33. The maximum Gasteiger partial charge on any atom is 0.311 e. The molecule has 1 aliphatic rings. The lowest BCUT2D eigenvalue weighted by Crippen LogP contribution is -2.39. The first-order chi connectivity index (χ1) is 8.84. The van der Waals surface area contributed by atoms with E-state index in [0.29, 0.717) is 6.61 Å². The van der Waals surface area contributed by atoms with Gasteiger partial charge in [0, 0.05) is 12.5 Å². The van der Waals surface area contributed by atoms with Crippen molar-refractivity contribution >= 4 is 5.97 Å². The molecule has 1 unspecified atom stereocenters. The van der Waals surface area contributed by atoms with Crippen LogP contribution in [0.1, 0.15) is 31.0 Å². The van der Waals surface area contributed by atoms with Gasteiger partial charge in [0.25, 0.3) is 0 Å². The number of aliphatic carboxylic acids is 1. The van der Waals surface area contributed by atoms with E-state index < -0.39 is 11.4 Å². The smallest absolute Gasteiger partial charge is 0.311 e. The highest BCUT2D eigenvalue weighted by molar-refractivity contribution is 5.75. The summed E-state index contributed by atoms with van der Waals surface area (Å²) in [6.07, 6.45) is 0.900. The summed E-state index contributed by atoms with van der Waals surface area (Å²) in [5, 5.41) is 9.46. The van der Waals surface area contributed by atoms with Crippen molar-refractivity contribution in [3.05, 3.63) is 29.3 Å². The van der Waals surface area contributed by atoms with Gasteiger partial charge in [-0.05, 0) is 45.1 Å². The largest absolute Gasteiger partial charge is 0.493 e. The standard InChI is InChI=1S/C15H21NO3/c1-15(2,14(17)18)13(16(3)4)11-5-6-12-10(9-11)7-8-19-12/h5-6,9,13H,7-8H2,1-4H3,(H,17,18). The first-order valence-electron chi connectivity index (χ1n) is 6.49. The Morgan fingerprint density at radius 1 is 1.42 bits per heavy atom. The van der Waals surface area contributed by atoms with Crippen LogP contribution < -0.4 is 4.74 Å². The van der Waals surface area contributed by atoms with E-state index in [2.05, 4.69) is 6.07 Å². The fourth-order valence-corrected chi connectivity index (χ4v) is 2.85. The summed E-state index contributed by atoms with van der Waals surface area (Å²) >= 11 is 0. The van der Waals surface area contributed by atoms with Crippen LogP contribution >= 0.6 is 0 Å². The number of benzene rings is 1. The van der Waals surface area contributed by atoms with Gasteiger partial charge in [0.2, 0.25) is 0 Å². The molecule has 1 aromatic rings. The Bertz CT molecular complexity index is 494. The van der Waals surface area contributed by atoms with Gasteiger partial charge in [0.1, 0.15) is 5.75 Å². The van der Waals surface area contributed by atoms with E-state index in [9.17, 15) is 9.90 Å². The van der Waals surface area contributed by atoms with Crippen molar-refractivity contribution in [2.75, 3.05) is 20.7 Å². The molecule has 0 fully saturated rings. The highest BCUT2D eigenvalue weighted by Gasteiger charge is 2.39. The minimum absolute atomic E-state index is 0.170. The molecule has 2 rings (SSSR count). The van der Waals surface area contributed by atoms with Crippen molar-refractivity contribution in [3.63, 3.8) is 0 Å². The van der Waals surface area contributed by atoms with E-state index in [-0.39, 0.29) is 6.04 Å². The number of ether oxygens (including phenoxy) is 1. The fraction of sp³-hybridized carbons (Fsp3) is 0.533. The van der Waals surface area contributed by atoms with Crippen LogP contribution in [0.4, 0.5) is 0 Å². The van der Waals surface area contributed by atoms with Crippen molar-refractivity contribution in [2.45, 2.75) is 26.3 Å². The van der Waals surface area contributed by atoms with E-state index in [1.165, 1.54) is 5.56 Å². The van der Waals surface area contributed by atoms with Gasteiger partial charge < -0.3 is 14.7 Å². The molecule has 0 radical (unpaired) electrons.